The van der Waals surface area contributed by atoms with E-state index in [1.807, 2.05) is 17.8 Å². The molecule has 0 aromatic heterocycles. The number of carbonyl (C=O) groups excluding carboxylic acids is 1. The molecule has 2 heterocycles. The highest BCUT2D eigenvalue weighted by atomic mass is 32.2. The Kier molecular flexibility index (Phi) is 5.69. The minimum atomic E-state index is 0.161. The molecule has 0 N–H and O–H groups in total. The van der Waals surface area contributed by atoms with Crippen LogP contribution in [0, 0.1) is 0 Å². The van der Waals surface area contributed by atoms with Gasteiger partial charge in [0.05, 0.1) is 0 Å². The second kappa shape index (κ2) is 7.09. The normalized spacial score (nSPS) is 23.1. The van der Waals surface area contributed by atoms with Gasteiger partial charge in [-0.25, -0.2) is 4.79 Å². The van der Waals surface area contributed by atoms with Gasteiger partial charge in [-0.1, -0.05) is 36.9 Å². The lowest BCUT2D eigenvalue weighted by atomic mass is 10.3. The Balaban J connectivity index is 2.28. The van der Waals surface area contributed by atoms with E-state index in [0.717, 1.165) is 33.8 Å². The van der Waals surface area contributed by atoms with Crippen molar-refractivity contribution in [3.63, 3.8) is 0 Å². The first-order chi connectivity index (χ1) is 9.63. The first kappa shape index (κ1) is 16.0. The van der Waals surface area contributed by atoms with E-state index in [1.165, 1.54) is 12.1 Å². The second-order valence-corrected chi connectivity index (χ2v) is 7.55. The minimum Gasteiger partial charge on any atom is -0.338 e. The van der Waals surface area contributed by atoms with Crippen LogP contribution in [-0.4, -0.2) is 39.1 Å². The largest absolute Gasteiger partial charge is 0.430 e. The average molecular weight is 330 g/mol. The van der Waals surface area contributed by atoms with Gasteiger partial charge >= 0.3 is 5.91 Å². The molecule has 0 saturated carbocycles. The molecule has 0 aliphatic carbocycles. The Bertz CT molecular complexity index is 509. The lowest BCUT2D eigenvalue weighted by Gasteiger charge is -2.21. The van der Waals surface area contributed by atoms with E-state index in [9.17, 15) is 4.79 Å². The molecule has 1 amide bonds. The van der Waals surface area contributed by atoms with Crippen LogP contribution in [0.1, 0.15) is 33.6 Å². The van der Waals surface area contributed by atoms with Gasteiger partial charge in [0.15, 0.2) is 11.4 Å². The monoisotopic (exact) mass is 329 g/mol. The van der Waals surface area contributed by atoms with E-state index in [4.69, 9.17) is 0 Å². The van der Waals surface area contributed by atoms with Crippen molar-refractivity contribution < 1.29 is 9.37 Å². The fourth-order valence-electron chi connectivity index (χ4n) is 2.15. The lowest BCUT2D eigenvalue weighted by Crippen LogP contribution is -2.23. The van der Waals surface area contributed by atoms with Gasteiger partial charge in [0.1, 0.15) is 5.03 Å². The molecule has 2 aliphatic rings. The summed E-state index contributed by atoms with van der Waals surface area (Å²) in [5.41, 5.74) is 1.25. The van der Waals surface area contributed by atoms with E-state index in [2.05, 4.69) is 24.2 Å². The zero-order chi connectivity index (χ0) is 14.7. The molecule has 110 valence electrons. The van der Waals surface area contributed by atoms with E-state index < -0.39 is 0 Å². The van der Waals surface area contributed by atoms with Crippen molar-refractivity contribution in [3.05, 3.63) is 21.0 Å². The number of unbranched alkanes of at least 4 members (excludes halogenated alkanes) is 1. The summed E-state index contributed by atoms with van der Waals surface area (Å²) in [5.74, 6) is 0.161. The molecule has 2 rings (SSSR count). The van der Waals surface area contributed by atoms with Gasteiger partial charge < -0.3 is 4.90 Å². The fraction of sp³-hybridized carbons (Fsp3) is 0.571. The Morgan fingerprint density at radius 1 is 1.40 bits per heavy atom. The number of hydrogen-bond donors (Lipinski definition) is 0. The van der Waals surface area contributed by atoms with Gasteiger partial charge in [-0.2, -0.15) is 0 Å². The van der Waals surface area contributed by atoms with E-state index >= 15 is 0 Å². The molecule has 0 unspecified atom stereocenters. The molecular weight excluding hydrogens is 308 g/mol. The number of allylic oxidation sites excluding steroid dienone is 1. The van der Waals surface area contributed by atoms with Crippen molar-refractivity contribution in [2.45, 2.75) is 33.6 Å². The minimum absolute atomic E-state index is 0.161. The Morgan fingerprint density at radius 3 is 2.70 bits per heavy atom. The van der Waals surface area contributed by atoms with Gasteiger partial charge in [-0.05, 0) is 31.9 Å². The van der Waals surface area contributed by atoms with Crippen LogP contribution in [0.15, 0.2) is 21.0 Å². The molecule has 2 aliphatic heterocycles. The summed E-state index contributed by atoms with van der Waals surface area (Å²) in [6, 6.07) is 0. The van der Waals surface area contributed by atoms with Gasteiger partial charge in [-0.3, -0.25) is 0 Å². The summed E-state index contributed by atoms with van der Waals surface area (Å²) in [6.07, 6.45) is 4.35. The van der Waals surface area contributed by atoms with Gasteiger partial charge in [-0.15, -0.1) is 4.58 Å². The molecular formula is C14H21N2OS3+. The first-order valence-corrected chi connectivity index (χ1v) is 9.82. The third kappa shape index (κ3) is 2.97. The van der Waals surface area contributed by atoms with Crippen molar-refractivity contribution in [3.8, 4) is 0 Å². The number of likely N-dealkylation sites (N-methyl/N-ethyl adjacent to an activating group) is 1. The van der Waals surface area contributed by atoms with Crippen LogP contribution in [0.4, 0.5) is 0 Å². The maximum absolute atomic E-state index is 12.6. The quantitative estimate of drug-likeness (QED) is 0.575. The maximum atomic E-state index is 12.6. The number of carbonyl (C=O) groups is 1. The summed E-state index contributed by atoms with van der Waals surface area (Å²) in [7, 11) is 0. The van der Waals surface area contributed by atoms with Crippen LogP contribution in [-0.2, 0) is 4.79 Å². The Labute approximate surface area is 133 Å². The zero-order valence-electron chi connectivity index (χ0n) is 12.4. The third-order valence-electron chi connectivity index (χ3n) is 3.28. The van der Waals surface area contributed by atoms with Crippen molar-refractivity contribution in [1.82, 2.24) is 4.90 Å². The summed E-state index contributed by atoms with van der Waals surface area (Å²) in [6.45, 7) is 8.09. The summed E-state index contributed by atoms with van der Waals surface area (Å²) in [4.78, 5) is 15.8. The van der Waals surface area contributed by atoms with Crippen LogP contribution in [0.2, 0.25) is 0 Å². The second-order valence-electron chi connectivity index (χ2n) is 4.64. The van der Waals surface area contributed by atoms with Crippen molar-refractivity contribution in [2.75, 3.05) is 19.3 Å². The van der Waals surface area contributed by atoms with Crippen LogP contribution >= 0.6 is 35.3 Å². The standard InChI is InChI=1S/C14H21N2OS3/c1-5-7-8-16-10(3)9-19-13(16)11-12(17)15(6-2)14(18-4)20-11/h9H,5-8H2,1-4H3/q+1/b13-11-. The number of hydrogen-bond acceptors (Lipinski definition) is 5. The van der Waals surface area contributed by atoms with Crippen molar-refractivity contribution >= 4 is 45.6 Å². The highest BCUT2D eigenvalue weighted by Gasteiger charge is 2.41. The molecule has 3 nitrogen and oxygen atoms in total. The molecule has 0 atom stereocenters. The van der Waals surface area contributed by atoms with Crippen molar-refractivity contribution in [1.29, 1.82) is 0 Å². The van der Waals surface area contributed by atoms with Gasteiger partial charge in [0, 0.05) is 24.0 Å². The molecule has 0 bridgehead atoms. The predicted octanol–water partition coefficient (Wildman–Crippen LogP) is 3.89. The van der Waals surface area contributed by atoms with E-state index in [1.54, 1.807) is 35.3 Å². The molecule has 0 spiro atoms. The van der Waals surface area contributed by atoms with Crippen LogP contribution in [0.5, 0.6) is 0 Å². The number of rotatable bonds is 4. The molecule has 6 heteroatoms. The van der Waals surface area contributed by atoms with Crippen molar-refractivity contribution in [2.24, 2.45) is 0 Å². The van der Waals surface area contributed by atoms with Crippen LogP contribution < -0.4 is 0 Å². The van der Waals surface area contributed by atoms with E-state index in [-0.39, 0.29) is 5.91 Å². The molecule has 0 radical (unpaired) electrons. The highest BCUT2D eigenvalue weighted by Crippen LogP contribution is 2.43. The highest BCUT2D eigenvalue weighted by molar-refractivity contribution is 8.40. The Hall–Kier alpha value is -0.330. The topological polar surface area (TPSA) is 23.3 Å². The average Bonchev–Trinajstić information content (AvgIpc) is 2.96. The summed E-state index contributed by atoms with van der Waals surface area (Å²) >= 11 is 4.97. The van der Waals surface area contributed by atoms with Crippen LogP contribution in [0.3, 0.4) is 0 Å². The van der Waals surface area contributed by atoms with Gasteiger partial charge in [0.25, 0.3) is 4.38 Å². The summed E-state index contributed by atoms with van der Waals surface area (Å²) in [5, 5.41) is 3.27. The predicted molar refractivity (Wildman–Crippen MR) is 91.9 cm³/mol. The van der Waals surface area contributed by atoms with Gasteiger partial charge in [0.2, 0.25) is 0 Å². The zero-order valence-corrected chi connectivity index (χ0v) is 14.9. The SMILES string of the molecule is CCCCN1C(C)=CS/C1=C1\SC(SC)=[N+](CC)C1=O. The van der Waals surface area contributed by atoms with E-state index in [0.29, 0.717) is 0 Å². The smallest absolute Gasteiger partial charge is 0.338 e. The fourth-order valence-corrected chi connectivity index (χ4v) is 5.29. The number of nitrogens with zero attached hydrogens (tertiary/aromatic N) is 2. The maximum Gasteiger partial charge on any atom is 0.430 e. The molecule has 0 aromatic rings. The molecule has 0 saturated heterocycles. The van der Waals surface area contributed by atoms with Crippen LogP contribution in [0.25, 0.3) is 0 Å². The molecule has 0 fully saturated rings. The molecule has 0 aromatic carbocycles. The number of amides is 1. The summed E-state index contributed by atoms with van der Waals surface area (Å²) < 4.78 is 2.98. The third-order valence-corrected chi connectivity index (χ3v) is 6.80. The Morgan fingerprint density at radius 2 is 2.15 bits per heavy atom. The molecule has 20 heavy (non-hydrogen) atoms. The number of thioether (sulfide) groups is 3. The first-order valence-electron chi connectivity index (χ1n) is 6.89. The lowest BCUT2D eigenvalue weighted by molar-refractivity contribution is -0.433.